The molecule has 4 nitrogen and oxygen atoms in total. The summed E-state index contributed by atoms with van der Waals surface area (Å²) in [6.07, 6.45) is -3.14. The molecule has 1 fully saturated rings. The van der Waals surface area contributed by atoms with Gasteiger partial charge in [-0.1, -0.05) is 24.3 Å². The van der Waals surface area contributed by atoms with E-state index < -0.39 is 26.8 Å². The molecule has 9 heteroatoms. The van der Waals surface area contributed by atoms with E-state index in [0.717, 1.165) is 35.4 Å². The average Bonchev–Trinajstić information content (AvgIpc) is 3.24. The summed E-state index contributed by atoms with van der Waals surface area (Å²) in [7, 11) is -3.84. The molecule has 1 aromatic heterocycles. The van der Waals surface area contributed by atoms with Crippen LogP contribution in [0, 0.1) is 13.8 Å². The number of piperidine rings is 1. The molecule has 176 valence electrons. The van der Waals surface area contributed by atoms with Gasteiger partial charge in [0, 0.05) is 24.9 Å². The van der Waals surface area contributed by atoms with E-state index >= 15 is 0 Å². The van der Waals surface area contributed by atoms with Gasteiger partial charge >= 0.3 is 6.18 Å². The van der Waals surface area contributed by atoms with Crippen molar-refractivity contribution >= 4 is 26.3 Å². The van der Waals surface area contributed by atoms with Crippen LogP contribution in [0.25, 0.3) is 0 Å². The minimum absolute atomic E-state index is 0.263. The molecule has 2 aromatic carbocycles. The number of sulfone groups is 1. The van der Waals surface area contributed by atoms with Gasteiger partial charge in [-0.05, 0) is 61.6 Å². The zero-order chi connectivity index (χ0) is 23.8. The normalized spacial score (nSPS) is 15.7. The van der Waals surface area contributed by atoms with E-state index in [1.807, 2.05) is 5.38 Å². The maximum absolute atomic E-state index is 13.0. The number of hydrogen-bond acceptors (Lipinski definition) is 5. The molecule has 0 atom stereocenters. The summed E-state index contributed by atoms with van der Waals surface area (Å²) in [5.41, 5.74) is 3.71. The molecule has 3 aromatic rings. The van der Waals surface area contributed by atoms with Gasteiger partial charge in [-0.3, -0.25) is 0 Å². The highest BCUT2D eigenvalue weighted by Gasteiger charge is 2.35. The van der Waals surface area contributed by atoms with Gasteiger partial charge in [0.05, 0.1) is 21.4 Å². The van der Waals surface area contributed by atoms with Crippen molar-refractivity contribution in [3.05, 3.63) is 75.8 Å². The van der Waals surface area contributed by atoms with Crippen molar-refractivity contribution in [2.75, 3.05) is 18.0 Å². The first-order chi connectivity index (χ1) is 15.5. The molecule has 0 amide bonds. The highest BCUT2D eigenvalue weighted by molar-refractivity contribution is 7.92. The largest absolute Gasteiger partial charge is 0.416 e. The van der Waals surface area contributed by atoms with Crippen molar-refractivity contribution in [2.24, 2.45) is 0 Å². The monoisotopic (exact) mass is 494 g/mol. The Labute approximate surface area is 196 Å². The van der Waals surface area contributed by atoms with Crippen LogP contribution in [0.5, 0.6) is 0 Å². The molecule has 2 heterocycles. The van der Waals surface area contributed by atoms with Gasteiger partial charge in [0.2, 0.25) is 0 Å². The van der Waals surface area contributed by atoms with Crippen molar-refractivity contribution in [1.82, 2.24) is 4.98 Å². The number of aryl methyl sites for hydroxylation is 2. The van der Waals surface area contributed by atoms with Crippen LogP contribution in [0.15, 0.2) is 52.7 Å². The van der Waals surface area contributed by atoms with Crippen molar-refractivity contribution in [3.8, 4) is 0 Å². The molecular weight excluding hydrogens is 469 g/mol. The van der Waals surface area contributed by atoms with E-state index in [4.69, 9.17) is 4.98 Å². The quantitative estimate of drug-likeness (QED) is 0.449. The van der Waals surface area contributed by atoms with Crippen LogP contribution in [-0.2, 0) is 22.4 Å². The number of rotatable bonds is 5. The number of nitrogens with zero attached hydrogens (tertiary/aromatic N) is 2. The second-order valence-corrected chi connectivity index (χ2v) is 11.5. The lowest BCUT2D eigenvalue weighted by atomic mass is 10.0. The fraction of sp³-hybridized carbons (Fsp3) is 0.375. The predicted molar refractivity (Wildman–Crippen MR) is 125 cm³/mol. The Balaban J connectivity index is 1.41. The molecule has 1 aliphatic heterocycles. The van der Waals surface area contributed by atoms with E-state index in [2.05, 4.69) is 36.9 Å². The van der Waals surface area contributed by atoms with E-state index in [9.17, 15) is 21.6 Å². The first-order valence-corrected chi connectivity index (χ1v) is 13.1. The summed E-state index contributed by atoms with van der Waals surface area (Å²) in [5, 5.41) is 2.17. The first-order valence-electron chi connectivity index (χ1n) is 10.7. The second kappa shape index (κ2) is 9.10. The molecule has 0 radical (unpaired) electrons. The summed E-state index contributed by atoms with van der Waals surface area (Å²) in [5.74, 6) is 0. The fourth-order valence-electron chi connectivity index (χ4n) is 4.04. The second-order valence-electron chi connectivity index (χ2n) is 8.47. The molecule has 1 saturated heterocycles. The van der Waals surface area contributed by atoms with E-state index in [1.54, 1.807) is 0 Å². The SMILES string of the molecule is Cc1ccc(Cc2csc(N3CCC(S(=O)(=O)c4cccc(C(F)(F)F)c4)CC3)n2)cc1C. The van der Waals surface area contributed by atoms with Gasteiger partial charge in [0.25, 0.3) is 0 Å². The lowest BCUT2D eigenvalue weighted by molar-refractivity contribution is -0.137. The number of hydrogen-bond donors (Lipinski definition) is 0. The van der Waals surface area contributed by atoms with Crippen LogP contribution in [-0.4, -0.2) is 31.7 Å². The fourth-order valence-corrected chi connectivity index (χ4v) is 6.70. The summed E-state index contributed by atoms with van der Waals surface area (Å²) in [4.78, 5) is 6.53. The summed E-state index contributed by atoms with van der Waals surface area (Å²) in [6.45, 7) is 5.17. The van der Waals surface area contributed by atoms with E-state index in [-0.39, 0.29) is 4.90 Å². The maximum Gasteiger partial charge on any atom is 0.416 e. The standard InChI is InChI=1S/C24H25F3N2O2S2/c1-16-6-7-18(12-17(16)2)13-20-15-32-23(28-20)29-10-8-21(9-11-29)33(30,31)22-5-3-4-19(14-22)24(25,26)27/h3-7,12,14-15,21H,8-11,13H2,1-2H3. The van der Waals surface area contributed by atoms with Crippen molar-refractivity contribution < 1.29 is 21.6 Å². The minimum Gasteiger partial charge on any atom is -0.348 e. The minimum atomic E-state index is -4.57. The first kappa shape index (κ1) is 23.8. The zero-order valence-corrected chi connectivity index (χ0v) is 20.0. The van der Waals surface area contributed by atoms with E-state index in [0.29, 0.717) is 25.9 Å². The topological polar surface area (TPSA) is 50.3 Å². The Hall–Kier alpha value is -2.39. The van der Waals surface area contributed by atoms with Gasteiger partial charge in [0.1, 0.15) is 0 Å². The third-order valence-electron chi connectivity index (χ3n) is 6.14. The van der Waals surface area contributed by atoms with Crippen LogP contribution in [0.3, 0.4) is 0 Å². The Kier molecular flexibility index (Phi) is 6.55. The zero-order valence-electron chi connectivity index (χ0n) is 18.4. The highest BCUT2D eigenvalue weighted by Crippen LogP contribution is 2.33. The van der Waals surface area contributed by atoms with Crippen LogP contribution in [0.2, 0.25) is 0 Å². The number of alkyl halides is 3. The van der Waals surface area contributed by atoms with Crippen LogP contribution in [0.4, 0.5) is 18.3 Å². The Morgan fingerprint density at radius 2 is 1.79 bits per heavy atom. The molecule has 0 unspecified atom stereocenters. The molecule has 0 saturated carbocycles. The predicted octanol–water partition coefficient (Wildman–Crippen LogP) is 5.81. The van der Waals surface area contributed by atoms with Crippen molar-refractivity contribution in [3.63, 3.8) is 0 Å². The average molecular weight is 495 g/mol. The van der Waals surface area contributed by atoms with Crippen molar-refractivity contribution in [1.29, 1.82) is 0 Å². The molecular formula is C24H25F3N2O2S2. The number of benzene rings is 2. The summed E-state index contributed by atoms with van der Waals surface area (Å²) >= 11 is 1.53. The van der Waals surface area contributed by atoms with Crippen LogP contribution < -0.4 is 4.90 Å². The molecule has 0 bridgehead atoms. The number of halogens is 3. The molecule has 33 heavy (non-hydrogen) atoms. The number of thiazole rings is 1. The van der Waals surface area contributed by atoms with Gasteiger partial charge < -0.3 is 4.90 Å². The summed E-state index contributed by atoms with van der Waals surface area (Å²) < 4.78 is 65.0. The third-order valence-corrected chi connectivity index (χ3v) is 9.35. The third kappa shape index (κ3) is 5.24. The Bertz CT molecular complexity index is 1240. The van der Waals surface area contributed by atoms with Gasteiger partial charge in [-0.15, -0.1) is 11.3 Å². The van der Waals surface area contributed by atoms with Gasteiger partial charge in [0.15, 0.2) is 15.0 Å². The Morgan fingerprint density at radius 3 is 2.45 bits per heavy atom. The van der Waals surface area contributed by atoms with E-state index in [1.165, 1.54) is 34.1 Å². The number of anilines is 1. The molecule has 1 aliphatic rings. The molecule has 4 rings (SSSR count). The summed E-state index contributed by atoms with van der Waals surface area (Å²) in [6, 6.07) is 10.4. The lowest BCUT2D eigenvalue weighted by Gasteiger charge is -2.31. The van der Waals surface area contributed by atoms with Gasteiger partial charge in [-0.25, -0.2) is 13.4 Å². The molecule has 0 N–H and O–H groups in total. The number of aromatic nitrogens is 1. The Morgan fingerprint density at radius 1 is 1.06 bits per heavy atom. The molecule has 0 spiro atoms. The van der Waals surface area contributed by atoms with Gasteiger partial charge in [-0.2, -0.15) is 13.2 Å². The van der Waals surface area contributed by atoms with Crippen LogP contribution >= 0.6 is 11.3 Å². The highest BCUT2D eigenvalue weighted by atomic mass is 32.2. The van der Waals surface area contributed by atoms with Crippen molar-refractivity contribution in [2.45, 2.75) is 49.4 Å². The molecule has 0 aliphatic carbocycles. The lowest BCUT2D eigenvalue weighted by Crippen LogP contribution is -2.39. The maximum atomic E-state index is 13.0. The smallest absolute Gasteiger partial charge is 0.348 e. The van der Waals surface area contributed by atoms with Crippen LogP contribution in [0.1, 0.15) is 40.8 Å².